The predicted molar refractivity (Wildman–Crippen MR) is 23.1 cm³/mol. The van der Waals surface area contributed by atoms with Crippen molar-refractivity contribution in [3.05, 3.63) is 0 Å². The van der Waals surface area contributed by atoms with Gasteiger partial charge in [0.25, 0.3) is 0 Å². The normalized spacial score (nSPS) is 13.3. The Hall–Kier alpha value is -0.320. The van der Waals surface area contributed by atoms with Crippen molar-refractivity contribution in [3.63, 3.8) is 0 Å². The third kappa shape index (κ3) is 1.82. The van der Waals surface area contributed by atoms with Gasteiger partial charge in [-0.1, -0.05) is 0 Å². The highest BCUT2D eigenvalue weighted by atomic mass is 31.2. The van der Waals surface area contributed by atoms with Crippen LogP contribution in [0.25, 0.3) is 0 Å². The Labute approximate surface area is 48.6 Å². The number of rotatable bonds is 2. The summed E-state index contributed by atoms with van der Waals surface area (Å²) in [5.74, 6) is 0. The van der Waals surface area contributed by atoms with Crippen LogP contribution in [0.5, 0.6) is 0 Å². The van der Waals surface area contributed by atoms with Gasteiger partial charge < -0.3 is 9.79 Å². The molecule has 2 N–H and O–H groups in total. The Morgan fingerprint density at radius 1 is 1.44 bits per heavy atom. The van der Waals surface area contributed by atoms with Crippen LogP contribution in [0.15, 0.2) is 0 Å². The Bertz CT molecular complexity index is 160. The Morgan fingerprint density at radius 2 is 1.78 bits per heavy atom. The van der Waals surface area contributed by atoms with Crippen LogP contribution < -0.4 is 0 Å². The molecule has 0 atom stereocenters. The zero-order chi connectivity index (χ0) is 7.71. The van der Waals surface area contributed by atoms with Gasteiger partial charge in [0.2, 0.25) is 6.29 Å². The van der Waals surface area contributed by atoms with E-state index in [1.807, 2.05) is 0 Å². The molecule has 54 valence electrons. The van der Waals surface area contributed by atoms with Crippen LogP contribution in [0, 0.1) is 0 Å². The summed E-state index contributed by atoms with van der Waals surface area (Å²) >= 11 is 0. The number of alkyl halides is 2. The summed E-state index contributed by atoms with van der Waals surface area (Å²) in [5.41, 5.74) is -4.53. The van der Waals surface area contributed by atoms with Gasteiger partial charge in [-0.2, -0.15) is 8.78 Å². The Balaban J connectivity index is 4.54. The van der Waals surface area contributed by atoms with Crippen LogP contribution in [0.4, 0.5) is 8.78 Å². The molecule has 0 bridgehead atoms. The van der Waals surface area contributed by atoms with E-state index in [0.29, 0.717) is 0 Å². The van der Waals surface area contributed by atoms with Crippen LogP contribution in [-0.2, 0) is 9.36 Å². The maximum Gasteiger partial charge on any atom is 0.402 e. The van der Waals surface area contributed by atoms with E-state index in [1.54, 1.807) is 0 Å². The van der Waals surface area contributed by atoms with Crippen molar-refractivity contribution in [1.82, 2.24) is 0 Å². The minimum atomic E-state index is -5.57. The maximum absolute atomic E-state index is 11.5. The molecule has 4 nitrogen and oxygen atoms in total. The SMILES string of the molecule is O=CC(F)(F)P(=O)(O)O. The third-order valence-corrected chi connectivity index (χ3v) is 1.41. The molecule has 7 heteroatoms. The molecule has 0 aliphatic rings. The quantitative estimate of drug-likeness (QED) is 0.438. The van der Waals surface area contributed by atoms with Crippen LogP contribution in [-0.4, -0.2) is 21.7 Å². The first-order valence-electron chi connectivity index (χ1n) is 1.71. The van der Waals surface area contributed by atoms with Crippen molar-refractivity contribution in [2.75, 3.05) is 0 Å². The van der Waals surface area contributed by atoms with Gasteiger partial charge in [-0.05, 0) is 0 Å². The van der Waals surface area contributed by atoms with Crippen LogP contribution in [0.3, 0.4) is 0 Å². The van der Waals surface area contributed by atoms with Crippen molar-refractivity contribution in [1.29, 1.82) is 0 Å². The molecule has 0 aromatic heterocycles. The molecule has 0 aliphatic carbocycles. The summed E-state index contributed by atoms with van der Waals surface area (Å²) in [5, 5.41) is 0. The first kappa shape index (κ1) is 8.68. The number of aldehydes is 1. The van der Waals surface area contributed by atoms with Gasteiger partial charge in [-0.15, -0.1) is 0 Å². The third-order valence-electron chi connectivity index (χ3n) is 0.530. The molecule has 0 amide bonds. The van der Waals surface area contributed by atoms with Crippen molar-refractivity contribution >= 4 is 13.9 Å². The molecule has 9 heavy (non-hydrogen) atoms. The molecule has 0 unspecified atom stereocenters. The second kappa shape index (κ2) is 2.13. The van der Waals surface area contributed by atoms with E-state index >= 15 is 0 Å². The molecule has 0 aromatic carbocycles. The number of carbonyl (C=O) groups excluding carboxylic acids is 1. The molecule has 0 fully saturated rings. The average molecular weight is 160 g/mol. The summed E-state index contributed by atoms with van der Waals surface area (Å²) < 4.78 is 32.7. The molecular weight excluding hydrogens is 157 g/mol. The van der Waals surface area contributed by atoms with E-state index in [4.69, 9.17) is 9.79 Å². The number of hydrogen-bond acceptors (Lipinski definition) is 2. The van der Waals surface area contributed by atoms with Crippen molar-refractivity contribution in [2.45, 2.75) is 5.66 Å². The fourth-order valence-corrected chi connectivity index (χ4v) is 0.206. The lowest BCUT2D eigenvalue weighted by Gasteiger charge is -2.08. The molecule has 0 rings (SSSR count). The Kier molecular flexibility index (Phi) is 2.06. The summed E-state index contributed by atoms with van der Waals surface area (Å²) in [6, 6.07) is 0. The molecule has 0 heterocycles. The van der Waals surface area contributed by atoms with Crippen LogP contribution in [0.1, 0.15) is 0 Å². The molecule has 0 saturated carbocycles. The lowest BCUT2D eigenvalue weighted by molar-refractivity contribution is -0.121. The molecule has 0 aliphatic heterocycles. The van der Waals surface area contributed by atoms with Gasteiger partial charge in [0, 0.05) is 0 Å². The van der Waals surface area contributed by atoms with E-state index in [1.165, 1.54) is 0 Å². The zero-order valence-corrected chi connectivity index (χ0v) is 4.89. The van der Waals surface area contributed by atoms with Gasteiger partial charge in [0.15, 0.2) is 0 Å². The lowest BCUT2D eigenvalue weighted by atomic mass is 10.8. The van der Waals surface area contributed by atoms with E-state index in [2.05, 4.69) is 0 Å². The van der Waals surface area contributed by atoms with Crippen molar-refractivity contribution in [2.24, 2.45) is 0 Å². The zero-order valence-electron chi connectivity index (χ0n) is 3.99. The smallest absolute Gasteiger partial charge is 0.320 e. The van der Waals surface area contributed by atoms with Crippen LogP contribution in [0.2, 0.25) is 0 Å². The van der Waals surface area contributed by atoms with Gasteiger partial charge in [0.1, 0.15) is 0 Å². The highest BCUT2D eigenvalue weighted by Crippen LogP contribution is 2.51. The fraction of sp³-hybridized carbons (Fsp3) is 0.500. The van der Waals surface area contributed by atoms with Gasteiger partial charge >= 0.3 is 13.3 Å². The number of halogens is 2. The summed E-state index contributed by atoms with van der Waals surface area (Å²) in [4.78, 5) is 24.6. The molecular formula is C2H3F2O4P. The van der Waals surface area contributed by atoms with Gasteiger partial charge in [-0.25, -0.2) is 0 Å². The first-order chi connectivity index (χ1) is 3.81. The highest BCUT2D eigenvalue weighted by Gasteiger charge is 2.48. The molecule has 0 aromatic rings. The van der Waals surface area contributed by atoms with Crippen LogP contribution >= 0.6 is 7.60 Å². The molecule has 0 saturated heterocycles. The topological polar surface area (TPSA) is 74.6 Å². The monoisotopic (exact) mass is 160 g/mol. The number of carbonyl (C=O) groups is 1. The van der Waals surface area contributed by atoms with E-state index in [-0.39, 0.29) is 0 Å². The van der Waals surface area contributed by atoms with Crippen molar-refractivity contribution < 1.29 is 27.9 Å². The Morgan fingerprint density at radius 3 is 1.78 bits per heavy atom. The second-order valence-corrected chi connectivity index (χ2v) is 2.93. The fourth-order valence-electron chi connectivity index (χ4n) is 0.0687. The van der Waals surface area contributed by atoms with Crippen molar-refractivity contribution in [3.8, 4) is 0 Å². The standard InChI is InChI=1S/C2H3F2O4P/c3-2(4,1-5)9(6,7)8/h1H,(H2,6,7,8). The second-order valence-electron chi connectivity index (χ2n) is 1.25. The minimum absolute atomic E-state index is 1.08. The summed E-state index contributed by atoms with van der Waals surface area (Å²) in [6.45, 7) is 0. The first-order valence-corrected chi connectivity index (χ1v) is 3.32. The maximum atomic E-state index is 11.5. The summed E-state index contributed by atoms with van der Waals surface area (Å²) in [6.07, 6.45) is -1.08. The van der Waals surface area contributed by atoms with E-state index in [9.17, 15) is 18.1 Å². The van der Waals surface area contributed by atoms with Gasteiger partial charge in [-0.3, -0.25) is 9.36 Å². The average Bonchev–Trinajstić information content (AvgIpc) is 1.64. The van der Waals surface area contributed by atoms with E-state index < -0.39 is 19.5 Å². The molecule has 0 radical (unpaired) electrons. The summed E-state index contributed by atoms with van der Waals surface area (Å²) in [7, 11) is -5.57. The van der Waals surface area contributed by atoms with Gasteiger partial charge in [0.05, 0.1) is 0 Å². The number of hydrogen-bond donors (Lipinski definition) is 2. The largest absolute Gasteiger partial charge is 0.402 e. The highest BCUT2D eigenvalue weighted by molar-refractivity contribution is 7.54. The molecule has 0 spiro atoms. The predicted octanol–water partition coefficient (Wildman–Crippen LogP) is -0.0442. The minimum Gasteiger partial charge on any atom is -0.320 e. The van der Waals surface area contributed by atoms with E-state index in [0.717, 1.165) is 0 Å². The lowest BCUT2D eigenvalue weighted by Crippen LogP contribution is -2.17.